The van der Waals surface area contributed by atoms with Crippen molar-refractivity contribution in [2.45, 2.75) is 13.5 Å². The Bertz CT molecular complexity index is 557. The van der Waals surface area contributed by atoms with Gasteiger partial charge in [-0.25, -0.2) is 0 Å². The van der Waals surface area contributed by atoms with Crippen LogP contribution in [0.1, 0.15) is 12.5 Å². The molecule has 0 bridgehead atoms. The van der Waals surface area contributed by atoms with Crippen LogP contribution in [0.4, 0.5) is 0 Å². The molecule has 0 aliphatic carbocycles. The molecule has 2 aromatic rings. The number of nitrogens with one attached hydrogen (secondary N) is 1. The van der Waals surface area contributed by atoms with E-state index in [0.29, 0.717) is 13.2 Å². The van der Waals surface area contributed by atoms with Crippen LogP contribution in [0.25, 0.3) is 10.8 Å². The summed E-state index contributed by atoms with van der Waals surface area (Å²) in [7, 11) is 1.70. The highest BCUT2D eigenvalue weighted by atomic mass is 16.7. The minimum atomic E-state index is 0.278. The standard InChI is InChI=1S/C17H23NO3/c1-3-20-13-21-17-9-8-14-6-4-5-7-15(14)16(17)12-18-10-11-19-2/h4-9,18H,3,10-13H2,1-2H3. The van der Waals surface area contributed by atoms with Crippen LogP contribution in [0.3, 0.4) is 0 Å². The van der Waals surface area contributed by atoms with Crippen LogP contribution in [0.15, 0.2) is 36.4 Å². The van der Waals surface area contributed by atoms with Crippen molar-refractivity contribution in [3.05, 3.63) is 42.0 Å². The average molecular weight is 289 g/mol. The van der Waals surface area contributed by atoms with E-state index in [1.807, 2.05) is 25.1 Å². The lowest BCUT2D eigenvalue weighted by Gasteiger charge is -2.15. The van der Waals surface area contributed by atoms with Gasteiger partial charge in [0.15, 0.2) is 6.79 Å². The van der Waals surface area contributed by atoms with Gasteiger partial charge in [-0.15, -0.1) is 0 Å². The highest BCUT2D eigenvalue weighted by Gasteiger charge is 2.08. The Morgan fingerprint density at radius 3 is 2.76 bits per heavy atom. The lowest BCUT2D eigenvalue weighted by Crippen LogP contribution is -2.19. The molecule has 1 N–H and O–H groups in total. The summed E-state index contributed by atoms with van der Waals surface area (Å²) in [5.74, 6) is 0.868. The summed E-state index contributed by atoms with van der Waals surface area (Å²) in [6, 6.07) is 12.4. The predicted octanol–water partition coefficient (Wildman–Crippen LogP) is 2.95. The highest BCUT2D eigenvalue weighted by Crippen LogP contribution is 2.28. The monoisotopic (exact) mass is 289 g/mol. The van der Waals surface area contributed by atoms with Crippen molar-refractivity contribution >= 4 is 10.8 Å². The molecule has 0 aliphatic heterocycles. The van der Waals surface area contributed by atoms with Crippen molar-refractivity contribution in [3.63, 3.8) is 0 Å². The second-order valence-electron chi connectivity index (χ2n) is 4.69. The third kappa shape index (κ3) is 4.43. The van der Waals surface area contributed by atoms with Gasteiger partial charge in [0.2, 0.25) is 0 Å². The Kier molecular flexibility index (Phi) is 6.47. The van der Waals surface area contributed by atoms with Crippen molar-refractivity contribution in [2.75, 3.05) is 33.7 Å². The van der Waals surface area contributed by atoms with Gasteiger partial charge < -0.3 is 19.5 Å². The number of benzene rings is 2. The van der Waals surface area contributed by atoms with E-state index in [1.54, 1.807) is 7.11 Å². The maximum absolute atomic E-state index is 5.75. The largest absolute Gasteiger partial charge is 0.467 e. The lowest BCUT2D eigenvalue weighted by molar-refractivity contribution is 0.0219. The Balaban J connectivity index is 2.19. The van der Waals surface area contributed by atoms with E-state index in [2.05, 4.69) is 23.5 Å². The van der Waals surface area contributed by atoms with Gasteiger partial charge in [0.1, 0.15) is 5.75 Å². The molecular weight excluding hydrogens is 266 g/mol. The quantitative estimate of drug-likeness (QED) is 0.569. The van der Waals surface area contributed by atoms with Crippen molar-refractivity contribution in [1.29, 1.82) is 0 Å². The molecule has 0 saturated heterocycles. The Hall–Kier alpha value is -1.62. The van der Waals surface area contributed by atoms with Gasteiger partial charge >= 0.3 is 0 Å². The van der Waals surface area contributed by atoms with Crippen molar-refractivity contribution < 1.29 is 14.2 Å². The van der Waals surface area contributed by atoms with Gasteiger partial charge in [0.25, 0.3) is 0 Å². The van der Waals surface area contributed by atoms with Crippen molar-refractivity contribution in [3.8, 4) is 5.75 Å². The zero-order valence-electron chi connectivity index (χ0n) is 12.7. The molecule has 4 nitrogen and oxygen atoms in total. The molecule has 2 aromatic carbocycles. The van der Waals surface area contributed by atoms with Crippen LogP contribution in [0.5, 0.6) is 5.75 Å². The van der Waals surface area contributed by atoms with Gasteiger partial charge in [-0.05, 0) is 23.8 Å². The van der Waals surface area contributed by atoms with Crippen LogP contribution in [0.2, 0.25) is 0 Å². The van der Waals surface area contributed by atoms with Gasteiger partial charge in [0, 0.05) is 32.4 Å². The number of hydrogen-bond acceptors (Lipinski definition) is 4. The van der Waals surface area contributed by atoms with Gasteiger partial charge in [-0.3, -0.25) is 0 Å². The first-order valence-corrected chi connectivity index (χ1v) is 7.27. The molecule has 21 heavy (non-hydrogen) atoms. The maximum atomic E-state index is 5.75. The lowest BCUT2D eigenvalue weighted by atomic mass is 10.0. The topological polar surface area (TPSA) is 39.7 Å². The molecule has 4 heteroatoms. The molecule has 0 saturated carbocycles. The summed E-state index contributed by atoms with van der Waals surface area (Å²) < 4.78 is 16.1. The van der Waals surface area contributed by atoms with E-state index in [4.69, 9.17) is 14.2 Å². The molecule has 0 aliphatic rings. The van der Waals surface area contributed by atoms with Crippen LogP contribution in [-0.4, -0.2) is 33.7 Å². The molecule has 0 unspecified atom stereocenters. The van der Waals surface area contributed by atoms with Crippen LogP contribution in [0, 0.1) is 0 Å². The molecule has 114 valence electrons. The van der Waals surface area contributed by atoms with Crippen LogP contribution < -0.4 is 10.1 Å². The Morgan fingerprint density at radius 2 is 1.95 bits per heavy atom. The maximum Gasteiger partial charge on any atom is 0.189 e. The molecule has 0 amide bonds. The molecule has 0 aromatic heterocycles. The predicted molar refractivity (Wildman–Crippen MR) is 84.7 cm³/mol. The third-order valence-corrected chi connectivity index (χ3v) is 3.28. The minimum Gasteiger partial charge on any atom is -0.467 e. The van der Waals surface area contributed by atoms with Gasteiger partial charge in [0.05, 0.1) is 6.61 Å². The molecule has 0 heterocycles. The van der Waals surface area contributed by atoms with E-state index >= 15 is 0 Å². The Labute approximate surface area is 126 Å². The van der Waals surface area contributed by atoms with Crippen LogP contribution in [-0.2, 0) is 16.0 Å². The molecule has 0 spiro atoms. The van der Waals surface area contributed by atoms with Crippen molar-refractivity contribution in [2.24, 2.45) is 0 Å². The van der Waals surface area contributed by atoms with Crippen LogP contribution >= 0.6 is 0 Å². The van der Waals surface area contributed by atoms with E-state index in [0.717, 1.165) is 24.4 Å². The summed E-state index contributed by atoms with van der Waals surface area (Å²) in [6.45, 7) is 5.13. The zero-order chi connectivity index (χ0) is 14.9. The van der Waals surface area contributed by atoms with E-state index < -0.39 is 0 Å². The summed E-state index contributed by atoms with van der Waals surface area (Å²) >= 11 is 0. The fraction of sp³-hybridized carbons (Fsp3) is 0.412. The Morgan fingerprint density at radius 1 is 1.10 bits per heavy atom. The summed E-state index contributed by atoms with van der Waals surface area (Å²) in [4.78, 5) is 0. The summed E-state index contributed by atoms with van der Waals surface area (Å²) in [5.41, 5.74) is 1.16. The van der Waals surface area contributed by atoms with E-state index in [-0.39, 0.29) is 6.79 Å². The fourth-order valence-electron chi connectivity index (χ4n) is 2.21. The second kappa shape index (κ2) is 8.62. The van der Waals surface area contributed by atoms with E-state index in [9.17, 15) is 0 Å². The molecular formula is C17H23NO3. The minimum absolute atomic E-state index is 0.278. The number of fused-ring (bicyclic) bond motifs is 1. The van der Waals surface area contributed by atoms with Crippen molar-refractivity contribution in [1.82, 2.24) is 5.32 Å². The number of hydrogen-bond donors (Lipinski definition) is 1. The first kappa shape index (κ1) is 15.8. The second-order valence-corrected chi connectivity index (χ2v) is 4.69. The smallest absolute Gasteiger partial charge is 0.189 e. The summed E-state index contributed by atoms with van der Waals surface area (Å²) in [6.07, 6.45) is 0. The van der Waals surface area contributed by atoms with Gasteiger partial charge in [-0.2, -0.15) is 0 Å². The average Bonchev–Trinajstić information content (AvgIpc) is 2.53. The number of ether oxygens (including phenoxy) is 3. The summed E-state index contributed by atoms with van der Waals surface area (Å²) in [5, 5.41) is 5.80. The fourth-order valence-corrected chi connectivity index (χ4v) is 2.21. The number of methoxy groups -OCH3 is 1. The molecule has 0 fully saturated rings. The number of rotatable bonds is 9. The molecule has 2 rings (SSSR count). The van der Waals surface area contributed by atoms with E-state index in [1.165, 1.54) is 10.8 Å². The molecule has 0 atom stereocenters. The third-order valence-electron chi connectivity index (χ3n) is 3.28. The molecule has 0 radical (unpaired) electrons. The normalized spacial score (nSPS) is 11.0. The zero-order valence-corrected chi connectivity index (χ0v) is 12.7. The van der Waals surface area contributed by atoms with Gasteiger partial charge in [-0.1, -0.05) is 30.3 Å². The highest BCUT2D eigenvalue weighted by molar-refractivity contribution is 5.87. The first-order valence-electron chi connectivity index (χ1n) is 7.27. The SMILES string of the molecule is CCOCOc1ccc2ccccc2c1CNCCOC. The first-order chi connectivity index (χ1) is 10.4.